The number of nitro groups is 1. The van der Waals surface area contributed by atoms with E-state index in [1.54, 1.807) is 22.4 Å². The van der Waals surface area contributed by atoms with Crippen LogP contribution in [0.2, 0.25) is 0 Å². The standard InChI is InChI=1S/C17H20N4O3S.ClH/c1-17(2)10-20(7-6-14(17)18)16(22)13-9-25-15(19-13)11-4-3-5-12(8-11)21(23)24;/h3-5,8-9,14H,6-7,10,18H2,1-2H3;1H. The van der Waals surface area contributed by atoms with Crippen molar-refractivity contribution in [3.63, 3.8) is 0 Å². The average molecular weight is 397 g/mol. The molecule has 1 aromatic carbocycles. The lowest BCUT2D eigenvalue weighted by atomic mass is 9.79. The van der Waals surface area contributed by atoms with Gasteiger partial charge < -0.3 is 10.6 Å². The molecule has 1 amide bonds. The van der Waals surface area contributed by atoms with E-state index in [0.29, 0.717) is 29.4 Å². The quantitative estimate of drug-likeness (QED) is 0.633. The molecule has 1 atom stereocenters. The number of piperidine rings is 1. The lowest BCUT2D eigenvalue weighted by molar-refractivity contribution is -0.384. The van der Waals surface area contributed by atoms with E-state index in [9.17, 15) is 14.9 Å². The smallest absolute Gasteiger partial charge is 0.273 e. The predicted molar refractivity (Wildman–Crippen MR) is 104 cm³/mol. The van der Waals surface area contributed by atoms with E-state index in [1.165, 1.54) is 23.5 Å². The Labute approximate surface area is 161 Å². The van der Waals surface area contributed by atoms with Gasteiger partial charge in [0.2, 0.25) is 0 Å². The zero-order valence-corrected chi connectivity index (χ0v) is 16.2. The molecule has 1 aromatic heterocycles. The first-order valence-electron chi connectivity index (χ1n) is 8.03. The second kappa shape index (κ2) is 7.69. The van der Waals surface area contributed by atoms with E-state index in [0.717, 1.165) is 6.42 Å². The van der Waals surface area contributed by atoms with Gasteiger partial charge in [-0.25, -0.2) is 4.98 Å². The van der Waals surface area contributed by atoms with Crippen molar-refractivity contribution >= 4 is 35.3 Å². The third-order valence-electron chi connectivity index (χ3n) is 4.63. The van der Waals surface area contributed by atoms with E-state index < -0.39 is 4.92 Å². The summed E-state index contributed by atoms with van der Waals surface area (Å²) < 4.78 is 0. The molecule has 9 heteroatoms. The van der Waals surface area contributed by atoms with Crippen LogP contribution in [0.5, 0.6) is 0 Å². The highest BCUT2D eigenvalue weighted by Gasteiger charge is 2.36. The van der Waals surface area contributed by atoms with E-state index in [-0.39, 0.29) is 35.5 Å². The molecule has 0 aliphatic carbocycles. The van der Waals surface area contributed by atoms with E-state index in [1.807, 2.05) is 0 Å². The fourth-order valence-electron chi connectivity index (χ4n) is 2.97. The van der Waals surface area contributed by atoms with Crippen molar-refractivity contribution in [2.45, 2.75) is 26.3 Å². The van der Waals surface area contributed by atoms with Gasteiger partial charge in [-0.2, -0.15) is 0 Å². The largest absolute Gasteiger partial charge is 0.337 e. The predicted octanol–water partition coefficient (Wildman–Crippen LogP) is 3.34. The Bertz CT molecular complexity index is 824. The fraction of sp³-hybridized carbons (Fsp3) is 0.412. The molecule has 0 spiro atoms. The van der Waals surface area contributed by atoms with Gasteiger partial charge in [-0.1, -0.05) is 26.0 Å². The summed E-state index contributed by atoms with van der Waals surface area (Å²) in [7, 11) is 0. The Balaban J connectivity index is 0.00000243. The van der Waals surface area contributed by atoms with Crippen molar-refractivity contribution < 1.29 is 9.72 Å². The Morgan fingerprint density at radius 1 is 1.46 bits per heavy atom. The molecule has 2 N–H and O–H groups in total. The van der Waals surface area contributed by atoms with Gasteiger partial charge >= 0.3 is 0 Å². The molecule has 140 valence electrons. The van der Waals surface area contributed by atoms with Crippen LogP contribution in [0.15, 0.2) is 29.6 Å². The molecule has 3 rings (SSSR count). The molecular formula is C17H21ClN4O3S. The first kappa shape index (κ1) is 20.3. The van der Waals surface area contributed by atoms with Crippen molar-refractivity contribution in [3.05, 3.63) is 45.5 Å². The van der Waals surface area contributed by atoms with Gasteiger partial charge in [0, 0.05) is 42.2 Å². The third kappa shape index (κ3) is 4.03. The van der Waals surface area contributed by atoms with Crippen LogP contribution in [0.4, 0.5) is 5.69 Å². The van der Waals surface area contributed by atoms with Gasteiger partial charge in [-0.15, -0.1) is 23.7 Å². The van der Waals surface area contributed by atoms with Crippen LogP contribution in [-0.2, 0) is 0 Å². The van der Waals surface area contributed by atoms with Gasteiger partial charge in [0.05, 0.1) is 4.92 Å². The Morgan fingerprint density at radius 2 is 2.19 bits per heavy atom. The molecule has 1 unspecified atom stereocenters. The highest BCUT2D eigenvalue weighted by atomic mass is 35.5. The van der Waals surface area contributed by atoms with Crippen molar-refractivity contribution in [2.75, 3.05) is 13.1 Å². The van der Waals surface area contributed by atoms with Crippen LogP contribution in [0, 0.1) is 15.5 Å². The number of amides is 1. The molecule has 26 heavy (non-hydrogen) atoms. The normalized spacial score (nSPS) is 18.9. The summed E-state index contributed by atoms with van der Waals surface area (Å²) in [5.41, 5.74) is 7.01. The Kier molecular flexibility index (Phi) is 6.00. The number of rotatable bonds is 3. The molecule has 1 saturated heterocycles. The van der Waals surface area contributed by atoms with Crippen LogP contribution in [0.3, 0.4) is 0 Å². The molecule has 0 radical (unpaired) electrons. The molecule has 2 heterocycles. The number of thiazole rings is 1. The summed E-state index contributed by atoms with van der Waals surface area (Å²) in [5.74, 6) is -0.118. The molecule has 0 bridgehead atoms. The van der Waals surface area contributed by atoms with Crippen LogP contribution >= 0.6 is 23.7 Å². The monoisotopic (exact) mass is 396 g/mol. The number of aromatic nitrogens is 1. The molecule has 1 aliphatic heterocycles. The molecule has 2 aromatic rings. The summed E-state index contributed by atoms with van der Waals surface area (Å²) in [4.78, 5) is 29.4. The summed E-state index contributed by atoms with van der Waals surface area (Å²) in [6.45, 7) is 5.34. The number of nitro benzene ring substituents is 1. The van der Waals surface area contributed by atoms with Crippen molar-refractivity contribution in [3.8, 4) is 10.6 Å². The van der Waals surface area contributed by atoms with E-state index >= 15 is 0 Å². The summed E-state index contributed by atoms with van der Waals surface area (Å²) in [6.07, 6.45) is 0.764. The number of hydrogen-bond donors (Lipinski definition) is 1. The lowest BCUT2D eigenvalue weighted by Crippen LogP contribution is -2.54. The van der Waals surface area contributed by atoms with Gasteiger partial charge in [-0.05, 0) is 11.8 Å². The number of carbonyl (C=O) groups is 1. The number of hydrogen-bond acceptors (Lipinski definition) is 6. The van der Waals surface area contributed by atoms with Gasteiger partial charge in [-0.3, -0.25) is 14.9 Å². The van der Waals surface area contributed by atoms with Crippen molar-refractivity contribution in [1.82, 2.24) is 9.88 Å². The zero-order chi connectivity index (χ0) is 18.2. The number of halogens is 1. The van der Waals surface area contributed by atoms with Crippen molar-refractivity contribution in [1.29, 1.82) is 0 Å². The number of carbonyl (C=O) groups excluding carboxylic acids is 1. The lowest BCUT2D eigenvalue weighted by Gasteiger charge is -2.42. The minimum absolute atomic E-state index is 0. The maximum atomic E-state index is 12.7. The minimum Gasteiger partial charge on any atom is -0.337 e. The summed E-state index contributed by atoms with van der Waals surface area (Å²) in [5, 5.41) is 13.2. The number of benzene rings is 1. The highest BCUT2D eigenvalue weighted by Crippen LogP contribution is 2.30. The van der Waals surface area contributed by atoms with Gasteiger partial charge in [0.25, 0.3) is 11.6 Å². The van der Waals surface area contributed by atoms with Crippen LogP contribution in [-0.4, -0.2) is 39.8 Å². The Hall–Kier alpha value is -2.03. The highest BCUT2D eigenvalue weighted by molar-refractivity contribution is 7.13. The number of nitrogens with zero attached hydrogens (tertiary/aromatic N) is 3. The second-order valence-corrected chi connectivity index (χ2v) is 7.81. The molecule has 1 aliphatic rings. The van der Waals surface area contributed by atoms with Gasteiger partial charge in [0.1, 0.15) is 10.7 Å². The zero-order valence-electron chi connectivity index (χ0n) is 14.5. The summed E-state index contributed by atoms with van der Waals surface area (Å²) in [6, 6.07) is 6.35. The first-order chi connectivity index (χ1) is 11.8. The number of nitrogens with two attached hydrogens (primary N) is 1. The van der Waals surface area contributed by atoms with Crippen molar-refractivity contribution in [2.24, 2.45) is 11.1 Å². The van der Waals surface area contributed by atoms with E-state index in [2.05, 4.69) is 18.8 Å². The van der Waals surface area contributed by atoms with Crippen LogP contribution in [0.1, 0.15) is 30.8 Å². The van der Waals surface area contributed by atoms with E-state index in [4.69, 9.17) is 5.73 Å². The topological polar surface area (TPSA) is 102 Å². The third-order valence-corrected chi connectivity index (χ3v) is 5.52. The SMILES string of the molecule is CC1(C)CN(C(=O)c2csc(-c3cccc([N+](=O)[O-])c3)n2)CCC1N.Cl. The molecule has 7 nitrogen and oxygen atoms in total. The minimum atomic E-state index is -0.442. The molecule has 0 saturated carbocycles. The Morgan fingerprint density at radius 3 is 2.85 bits per heavy atom. The second-order valence-electron chi connectivity index (χ2n) is 6.96. The first-order valence-corrected chi connectivity index (χ1v) is 8.91. The molecular weight excluding hydrogens is 376 g/mol. The number of likely N-dealkylation sites (tertiary alicyclic amines) is 1. The summed E-state index contributed by atoms with van der Waals surface area (Å²) >= 11 is 1.31. The maximum absolute atomic E-state index is 12.7. The molecule has 1 fully saturated rings. The van der Waals surface area contributed by atoms with Gasteiger partial charge in [0.15, 0.2) is 0 Å². The maximum Gasteiger partial charge on any atom is 0.273 e. The average Bonchev–Trinajstić information content (AvgIpc) is 3.06. The van der Waals surface area contributed by atoms with Crippen LogP contribution in [0.25, 0.3) is 10.6 Å². The number of non-ortho nitro benzene ring substituents is 1. The fourth-order valence-corrected chi connectivity index (χ4v) is 3.76. The van der Waals surface area contributed by atoms with Crippen LogP contribution < -0.4 is 5.73 Å².